The van der Waals surface area contributed by atoms with E-state index in [1.807, 2.05) is 37.3 Å². The third-order valence-electron chi connectivity index (χ3n) is 1.04. The Hall–Kier alpha value is -0.845. The van der Waals surface area contributed by atoms with Gasteiger partial charge in [-0.25, -0.2) is 0 Å². The van der Waals surface area contributed by atoms with Crippen LogP contribution in [0.3, 0.4) is 0 Å². The van der Waals surface area contributed by atoms with Gasteiger partial charge in [-0.15, -0.1) is 12.1 Å². The van der Waals surface area contributed by atoms with E-state index in [-0.39, 0.29) is 0 Å². The number of benzene rings is 1. The molecule has 0 atom stereocenters. The average Bonchev–Trinajstić information content (AvgIpc) is 1.90. The maximum Gasteiger partial charge on any atom is -0.0625 e. The van der Waals surface area contributed by atoms with Gasteiger partial charge >= 0.3 is 0 Å². The van der Waals surface area contributed by atoms with Crippen LogP contribution in [0, 0.1) is 0 Å². The number of rotatable bonds is 1. The van der Waals surface area contributed by atoms with Gasteiger partial charge in [-0.3, -0.25) is 5.46 Å². The van der Waals surface area contributed by atoms with Crippen molar-refractivity contribution in [2.75, 3.05) is 0 Å². The highest BCUT2D eigenvalue weighted by Gasteiger charge is 1.64. The molecule has 0 aliphatic rings. The van der Waals surface area contributed by atoms with E-state index in [1.54, 1.807) is 0 Å². The van der Waals surface area contributed by atoms with E-state index in [2.05, 4.69) is 6.47 Å². The van der Waals surface area contributed by atoms with Crippen molar-refractivity contribution in [2.45, 2.75) is 0 Å². The summed E-state index contributed by atoms with van der Waals surface area (Å²) in [5.74, 6) is 0. The fraction of sp³-hybridized carbons (Fsp3) is 0. The van der Waals surface area contributed by atoms with Gasteiger partial charge in [-0.2, -0.15) is 0 Å². The fourth-order valence-corrected chi connectivity index (χ4v) is 0.589. The first-order valence-electron chi connectivity index (χ1n) is 2.61. The molecule has 8 heavy (non-hydrogen) atoms. The molecule has 0 bridgehead atoms. The standard InChI is InChI=1S/C7H7B/c1-8-7-5-3-2-4-6-7/h2-6H,1H2/q-1. The first-order valence-corrected chi connectivity index (χ1v) is 2.61. The molecule has 1 heteroatoms. The molecule has 0 amide bonds. The van der Waals surface area contributed by atoms with Crippen molar-refractivity contribution in [1.29, 1.82) is 0 Å². The Labute approximate surface area is 50.1 Å². The molecular weight excluding hydrogens is 94.9 g/mol. The van der Waals surface area contributed by atoms with Crippen LogP contribution < -0.4 is 5.46 Å². The van der Waals surface area contributed by atoms with Crippen molar-refractivity contribution in [3.63, 3.8) is 0 Å². The van der Waals surface area contributed by atoms with E-state index in [0.717, 1.165) is 0 Å². The van der Waals surface area contributed by atoms with Crippen molar-refractivity contribution in [1.82, 2.24) is 0 Å². The van der Waals surface area contributed by atoms with Crippen molar-refractivity contribution >= 4 is 18.9 Å². The molecule has 1 aromatic carbocycles. The molecule has 0 aliphatic carbocycles. The molecule has 39 valence electrons. The van der Waals surface area contributed by atoms with Crippen LogP contribution in [0.5, 0.6) is 0 Å². The first kappa shape index (κ1) is 5.29. The zero-order valence-corrected chi connectivity index (χ0v) is 4.67. The maximum absolute atomic E-state index is 3.63. The summed E-state index contributed by atoms with van der Waals surface area (Å²) < 4.78 is 0. The van der Waals surface area contributed by atoms with Crippen LogP contribution in [0.1, 0.15) is 0 Å². The van der Waals surface area contributed by atoms with Gasteiger partial charge in [-0.05, 0) is 0 Å². The summed E-state index contributed by atoms with van der Waals surface area (Å²) in [7, 11) is 0. The first-order chi connectivity index (χ1) is 3.93. The molecule has 0 N–H and O–H groups in total. The minimum Gasteiger partial charge on any atom is -0.334 e. The molecule has 1 rings (SSSR count). The van der Waals surface area contributed by atoms with Gasteiger partial charge in [0.05, 0.1) is 0 Å². The van der Waals surface area contributed by atoms with Gasteiger partial charge in [0.25, 0.3) is 0 Å². The third kappa shape index (κ3) is 1.06. The van der Waals surface area contributed by atoms with E-state index in [9.17, 15) is 0 Å². The summed E-state index contributed by atoms with van der Waals surface area (Å²) in [4.78, 5) is 0. The molecule has 0 saturated carbocycles. The summed E-state index contributed by atoms with van der Waals surface area (Å²) in [6, 6.07) is 10.0. The van der Waals surface area contributed by atoms with Crippen molar-refractivity contribution in [3.05, 3.63) is 30.3 Å². The van der Waals surface area contributed by atoms with Crippen molar-refractivity contribution < 1.29 is 0 Å². The topological polar surface area (TPSA) is 0 Å². The normalized spacial score (nSPS) is 8.50. The summed E-state index contributed by atoms with van der Waals surface area (Å²) in [5.41, 5.74) is 1.17. The monoisotopic (exact) mass is 102 g/mol. The van der Waals surface area contributed by atoms with Crippen LogP contribution in [0.15, 0.2) is 30.3 Å². The summed E-state index contributed by atoms with van der Waals surface area (Å²) in [6.07, 6.45) is 0. The zero-order chi connectivity index (χ0) is 5.82. The second-order valence-corrected chi connectivity index (χ2v) is 1.61. The summed E-state index contributed by atoms with van der Waals surface area (Å²) in [6.45, 7) is 5.46. The highest BCUT2D eigenvalue weighted by Crippen LogP contribution is 1.77. The Bertz CT molecular complexity index is 167. The molecule has 0 aromatic heterocycles. The third-order valence-corrected chi connectivity index (χ3v) is 1.04. The van der Waals surface area contributed by atoms with Crippen LogP contribution in [0.25, 0.3) is 0 Å². The lowest BCUT2D eigenvalue weighted by molar-refractivity contribution is 1.77. The minimum atomic E-state index is 1.17. The Balaban J connectivity index is 2.99. The van der Waals surface area contributed by atoms with Gasteiger partial charge in [0.1, 0.15) is 0 Å². The molecule has 0 unspecified atom stereocenters. The van der Waals surface area contributed by atoms with Crippen LogP contribution in [0.4, 0.5) is 0 Å². The lowest BCUT2D eigenvalue weighted by Crippen LogP contribution is -2.03. The molecule has 0 nitrogen and oxygen atoms in total. The second kappa shape index (κ2) is 2.46. The van der Waals surface area contributed by atoms with Gasteiger partial charge in [0.2, 0.25) is 0 Å². The van der Waals surface area contributed by atoms with Crippen LogP contribution in [0.2, 0.25) is 0 Å². The maximum atomic E-state index is 3.63. The number of hydrogen-bond acceptors (Lipinski definition) is 0. The molecule has 0 aliphatic heterocycles. The van der Waals surface area contributed by atoms with E-state index < -0.39 is 0 Å². The second-order valence-electron chi connectivity index (χ2n) is 1.61. The van der Waals surface area contributed by atoms with Gasteiger partial charge in [-0.1, -0.05) is 18.2 Å². The van der Waals surface area contributed by atoms with Gasteiger partial charge < -0.3 is 13.4 Å². The Morgan fingerprint density at radius 2 is 1.75 bits per heavy atom. The fourth-order valence-electron chi connectivity index (χ4n) is 0.589. The van der Waals surface area contributed by atoms with Gasteiger partial charge in [0.15, 0.2) is 0 Å². The average molecular weight is 102 g/mol. The lowest BCUT2D eigenvalue weighted by Gasteiger charge is -1.99. The smallest absolute Gasteiger partial charge is 0.0625 e. The highest BCUT2D eigenvalue weighted by atomic mass is 13.7. The SMILES string of the molecule is C=[B-]c1ccccc1. The number of hydrogen-bond donors (Lipinski definition) is 0. The Morgan fingerprint density at radius 3 is 2.12 bits per heavy atom. The predicted molar refractivity (Wildman–Crippen MR) is 39.0 cm³/mol. The Morgan fingerprint density at radius 1 is 1.12 bits per heavy atom. The van der Waals surface area contributed by atoms with Gasteiger partial charge in [0, 0.05) is 0 Å². The van der Waals surface area contributed by atoms with Crippen LogP contribution >= 0.6 is 0 Å². The highest BCUT2D eigenvalue weighted by molar-refractivity contribution is 6.56. The molecule has 0 fully saturated rings. The zero-order valence-electron chi connectivity index (χ0n) is 4.67. The molecular formula is C7H7B-. The van der Waals surface area contributed by atoms with E-state index in [4.69, 9.17) is 0 Å². The molecule has 1 aromatic rings. The quantitative estimate of drug-likeness (QED) is 0.451. The summed E-state index contributed by atoms with van der Waals surface area (Å²) >= 11 is 0. The molecule has 0 heterocycles. The van der Waals surface area contributed by atoms with Crippen LogP contribution in [-0.2, 0) is 0 Å². The van der Waals surface area contributed by atoms with E-state index >= 15 is 0 Å². The largest absolute Gasteiger partial charge is 0.334 e. The van der Waals surface area contributed by atoms with E-state index in [1.165, 1.54) is 5.46 Å². The van der Waals surface area contributed by atoms with Crippen LogP contribution in [-0.4, -0.2) is 13.4 Å². The molecule has 0 saturated heterocycles. The van der Waals surface area contributed by atoms with Crippen molar-refractivity contribution in [2.24, 2.45) is 0 Å². The lowest BCUT2D eigenvalue weighted by atomic mass is 9.86. The summed E-state index contributed by atoms with van der Waals surface area (Å²) in [5, 5.41) is 0. The Kier molecular flexibility index (Phi) is 1.63. The van der Waals surface area contributed by atoms with E-state index in [0.29, 0.717) is 0 Å². The molecule has 0 spiro atoms. The molecule has 1 radical (unpaired) electrons. The van der Waals surface area contributed by atoms with Crippen molar-refractivity contribution in [3.8, 4) is 0 Å². The minimum absolute atomic E-state index is 1.17. The predicted octanol–water partition coefficient (Wildman–Crippen LogP) is 0.448.